The van der Waals surface area contributed by atoms with Crippen molar-refractivity contribution in [2.75, 3.05) is 42.6 Å². The highest BCUT2D eigenvalue weighted by Crippen LogP contribution is 2.34. The van der Waals surface area contributed by atoms with Crippen LogP contribution in [0.4, 0.5) is 36.4 Å². The SMILES string of the molecule is Cc1cc(F)c(N2CCN(Cc3ccc(S(=O)CC(F)(F)F)cc3)CC2)cc1SCC(F)(F)F. The predicted octanol–water partition coefficient (Wildman–Crippen LogP) is 5.78. The standard InChI is InChI=1S/C22H23F7N2OS2/c1-15-10-18(23)19(11-20(15)33-13-21(24,25)26)31-8-6-30(7-9-31)12-16-2-4-17(5-3-16)34(32)14-22(27,28)29/h2-5,10-11H,6-9,12-14H2,1H3. The molecule has 12 heteroatoms. The first kappa shape index (κ1) is 26.8. The van der Waals surface area contributed by atoms with E-state index in [0.717, 1.165) is 5.56 Å². The summed E-state index contributed by atoms with van der Waals surface area (Å²) in [5, 5.41) is 0. The van der Waals surface area contributed by atoms with Crippen molar-refractivity contribution in [2.45, 2.75) is 35.6 Å². The Balaban J connectivity index is 1.58. The molecule has 1 aliphatic heterocycles. The molecule has 1 unspecified atom stereocenters. The van der Waals surface area contributed by atoms with Crippen LogP contribution in [-0.2, 0) is 17.3 Å². The van der Waals surface area contributed by atoms with Gasteiger partial charge in [-0.15, -0.1) is 11.8 Å². The molecule has 2 aromatic carbocycles. The first-order valence-electron chi connectivity index (χ1n) is 10.3. The molecule has 1 heterocycles. The average molecular weight is 529 g/mol. The predicted molar refractivity (Wildman–Crippen MR) is 119 cm³/mol. The Morgan fingerprint density at radius 3 is 2.12 bits per heavy atom. The second kappa shape index (κ2) is 10.9. The molecule has 34 heavy (non-hydrogen) atoms. The summed E-state index contributed by atoms with van der Waals surface area (Å²) in [4.78, 5) is 4.38. The molecule has 0 radical (unpaired) electrons. The van der Waals surface area contributed by atoms with E-state index in [1.54, 1.807) is 24.0 Å². The molecule has 188 valence electrons. The Labute approximate surface area is 199 Å². The highest BCUT2D eigenvalue weighted by atomic mass is 32.2. The molecule has 0 aromatic heterocycles. The molecule has 1 fully saturated rings. The van der Waals surface area contributed by atoms with Crippen molar-refractivity contribution < 1.29 is 34.9 Å². The molecule has 3 rings (SSSR count). The lowest BCUT2D eigenvalue weighted by Crippen LogP contribution is -2.46. The molecule has 1 aliphatic rings. The monoisotopic (exact) mass is 528 g/mol. The fourth-order valence-corrected chi connectivity index (χ4v) is 5.29. The maximum atomic E-state index is 14.6. The third kappa shape index (κ3) is 7.88. The Morgan fingerprint density at radius 1 is 0.941 bits per heavy atom. The van der Waals surface area contributed by atoms with Gasteiger partial charge in [0.15, 0.2) is 0 Å². The lowest BCUT2D eigenvalue weighted by atomic mass is 10.1. The van der Waals surface area contributed by atoms with E-state index in [0.29, 0.717) is 54.9 Å². The van der Waals surface area contributed by atoms with Crippen LogP contribution in [0.3, 0.4) is 0 Å². The third-order valence-electron chi connectivity index (χ3n) is 5.24. The van der Waals surface area contributed by atoms with Crippen LogP contribution in [0.15, 0.2) is 46.2 Å². The van der Waals surface area contributed by atoms with Gasteiger partial charge >= 0.3 is 12.4 Å². The number of hydrogen-bond acceptors (Lipinski definition) is 4. The van der Waals surface area contributed by atoms with Crippen LogP contribution in [0.2, 0.25) is 0 Å². The lowest BCUT2D eigenvalue weighted by molar-refractivity contribution is -0.106. The molecule has 0 N–H and O–H groups in total. The molecular formula is C22H23F7N2OS2. The molecule has 0 spiro atoms. The fraction of sp³-hybridized carbons (Fsp3) is 0.455. The van der Waals surface area contributed by atoms with Gasteiger partial charge in [0.2, 0.25) is 0 Å². The van der Waals surface area contributed by atoms with E-state index in [1.165, 1.54) is 24.3 Å². The van der Waals surface area contributed by atoms with Crippen molar-refractivity contribution in [3.63, 3.8) is 0 Å². The van der Waals surface area contributed by atoms with E-state index < -0.39 is 40.5 Å². The van der Waals surface area contributed by atoms with Gasteiger partial charge in [0, 0.05) is 42.5 Å². The van der Waals surface area contributed by atoms with E-state index in [2.05, 4.69) is 4.90 Å². The maximum absolute atomic E-state index is 14.6. The summed E-state index contributed by atoms with van der Waals surface area (Å²) in [5.74, 6) is -2.92. The van der Waals surface area contributed by atoms with Crippen LogP contribution >= 0.6 is 11.8 Å². The summed E-state index contributed by atoms with van der Waals surface area (Å²) in [6.45, 7) is 4.17. The van der Waals surface area contributed by atoms with Gasteiger partial charge < -0.3 is 4.90 Å². The van der Waals surface area contributed by atoms with Crippen molar-refractivity contribution in [2.24, 2.45) is 0 Å². The number of piperazine rings is 1. The number of halogens is 7. The van der Waals surface area contributed by atoms with E-state index in [9.17, 15) is 34.9 Å². The van der Waals surface area contributed by atoms with Crippen LogP contribution in [0.5, 0.6) is 0 Å². The van der Waals surface area contributed by atoms with Crippen LogP contribution in [-0.4, -0.2) is 59.1 Å². The molecule has 0 aliphatic carbocycles. The van der Waals surface area contributed by atoms with E-state index in [4.69, 9.17) is 0 Å². The van der Waals surface area contributed by atoms with E-state index in [-0.39, 0.29) is 10.6 Å². The molecule has 1 atom stereocenters. The summed E-state index contributed by atoms with van der Waals surface area (Å²) in [5.41, 5.74) is 1.56. The number of anilines is 1. The molecule has 1 saturated heterocycles. The fourth-order valence-electron chi connectivity index (χ4n) is 3.58. The van der Waals surface area contributed by atoms with Gasteiger partial charge in [-0.3, -0.25) is 9.11 Å². The van der Waals surface area contributed by atoms with Gasteiger partial charge in [0.05, 0.1) is 22.2 Å². The molecule has 2 aromatic rings. The zero-order valence-corrected chi connectivity index (χ0v) is 19.8. The first-order chi connectivity index (χ1) is 15.8. The minimum Gasteiger partial charge on any atom is -0.367 e. The molecule has 0 saturated carbocycles. The van der Waals surface area contributed by atoms with Crippen molar-refractivity contribution in [3.05, 3.63) is 53.3 Å². The van der Waals surface area contributed by atoms with Gasteiger partial charge in [0.25, 0.3) is 0 Å². The Bertz CT molecular complexity index is 1000. The third-order valence-corrected chi connectivity index (χ3v) is 7.85. The van der Waals surface area contributed by atoms with E-state index >= 15 is 0 Å². The zero-order chi connectivity index (χ0) is 25.1. The molecule has 0 bridgehead atoms. The van der Waals surface area contributed by atoms with Gasteiger partial charge in [-0.25, -0.2) is 4.39 Å². The summed E-state index contributed by atoms with van der Waals surface area (Å²) < 4.78 is 101. The summed E-state index contributed by atoms with van der Waals surface area (Å²) >= 11 is 0.636. The molecular weight excluding hydrogens is 505 g/mol. The quantitative estimate of drug-likeness (QED) is 0.336. The molecule has 0 amide bonds. The highest BCUT2D eigenvalue weighted by molar-refractivity contribution is 7.99. The van der Waals surface area contributed by atoms with E-state index in [1.807, 2.05) is 0 Å². The number of alkyl halides is 6. The average Bonchev–Trinajstić information content (AvgIpc) is 2.72. The normalized spacial score (nSPS) is 16.6. The number of nitrogens with zero attached hydrogens (tertiary/aromatic N) is 2. The zero-order valence-electron chi connectivity index (χ0n) is 18.2. The maximum Gasteiger partial charge on any atom is 0.400 e. The van der Waals surface area contributed by atoms with Crippen molar-refractivity contribution in [1.29, 1.82) is 0 Å². The number of hydrogen-bond donors (Lipinski definition) is 0. The Morgan fingerprint density at radius 2 is 1.56 bits per heavy atom. The van der Waals surface area contributed by atoms with Crippen LogP contribution in [0.25, 0.3) is 0 Å². The number of thioether (sulfide) groups is 1. The Kier molecular flexibility index (Phi) is 8.56. The smallest absolute Gasteiger partial charge is 0.367 e. The van der Waals surface area contributed by atoms with Gasteiger partial charge in [-0.2, -0.15) is 26.3 Å². The summed E-state index contributed by atoms with van der Waals surface area (Å²) in [6.07, 6.45) is -8.82. The lowest BCUT2D eigenvalue weighted by Gasteiger charge is -2.36. The largest absolute Gasteiger partial charge is 0.400 e. The van der Waals surface area contributed by atoms with Gasteiger partial charge in [-0.1, -0.05) is 12.1 Å². The summed E-state index contributed by atoms with van der Waals surface area (Å²) in [7, 11) is -2.15. The second-order valence-corrected chi connectivity index (χ2v) is 10.5. The van der Waals surface area contributed by atoms with Crippen molar-refractivity contribution >= 4 is 28.2 Å². The Hall–Kier alpha value is -1.79. The van der Waals surface area contributed by atoms with Crippen molar-refractivity contribution in [1.82, 2.24) is 4.90 Å². The highest BCUT2D eigenvalue weighted by Gasteiger charge is 2.31. The second-order valence-electron chi connectivity index (χ2n) is 7.99. The first-order valence-corrected chi connectivity index (χ1v) is 12.6. The number of rotatable bonds is 7. The topological polar surface area (TPSA) is 23.6 Å². The van der Waals surface area contributed by atoms with Gasteiger partial charge in [0.1, 0.15) is 11.6 Å². The number of benzene rings is 2. The van der Waals surface area contributed by atoms with Crippen molar-refractivity contribution in [3.8, 4) is 0 Å². The van der Waals surface area contributed by atoms with Crippen LogP contribution < -0.4 is 4.90 Å². The van der Waals surface area contributed by atoms with Crippen LogP contribution in [0, 0.1) is 12.7 Å². The summed E-state index contributed by atoms with van der Waals surface area (Å²) in [6, 6.07) is 8.85. The molecule has 3 nitrogen and oxygen atoms in total. The van der Waals surface area contributed by atoms with Crippen LogP contribution in [0.1, 0.15) is 11.1 Å². The van der Waals surface area contributed by atoms with Gasteiger partial charge in [-0.05, 0) is 42.3 Å². The minimum absolute atomic E-state index is 0.111. The number of aryl methyl sites for hydroxylation is 1. The minimum atomic E-state index is -4.50.